The van der Waals surface area contributed by atoms with Crippen LogP contribution in [0.15, 0.2) is 59.8 Å². The highest BCUT2D eigenvalue weighted by Crippen LogP contribution is 2.17. The number of rotatable bonds is 4. The molecule has 0 saturated carbocycles. The van der Waals surface area contributed by atoms with Gasteiger partial charge >= 0.3 is 0 Å². The van der Waals surface area contributed by atoms with Crippen LogP contribution in [0.2, 0.25) is 0 Å². The summed E-state index contributed by atoms with van der Waals surface area (Å²) in [4.78, 5) is 15.3. The van der Waals surface area contributed by atoms with Crippen LogP contribution < -0.4 is 4.84 Å². The van der Waals surface area contributed by atoms with E-state index in [-0.39, 0.29) is 5.69 Å². The van der Waals surface area contributed by atoms with E-state index < -0.39 is 4.92 Å². The Morgan fingerprint density at radius 2 is 1.74 bits per heavy atom. The maximum absolute atomic E-state index is 10.5. The molecule has 0 aliphatic heterocycles. The lowest BCUT2D eigenvalue weighted by atomic mass is 10.1. The molecule has 2 aromatic carbocycles. The van der Waals surface area contributed by atoms with Gasteiger partial charge in [-0.2, -0.15) is 0 Å². The summed E-state index contributed by atoms with van der Waals surface area (Å²) in [7, 11) is 0. The van der Waals surface area contributed by atoms with Crippen LogP contribution in [0.3, 0.4) is 0 Å². The van der Waals surface area contributed by atoms with Crippen molar-refractivity contribution in [3.8, 4) is 5.75 Å². The second-order valence-electron chi connectivity index (χ2n) is 3.89. The second-order valence-corrected chi connectivity index (χ2v) is 3.89. The Morgan fingerprint density at radius 3 is 2.32 bits per heavy atom. The molecule has 5 heteroatoms. The Balaban J connectivity index is 2.08. The molecular formula is C14H12N2O3. The molecule has 0 N–H and O–H groups in total. The van der Waals surface area contributed by atoms with Gasteiger partial charge in [0.15, 0.2) is 5.75 Å². The van der Waals surface area contributed by atoms with E-state index in [0.717, 1.165) is 11.3 Å². The van der Waals surface area contributed by atoms with E-state index in [0.29, 0.717) is 5.75 Å². The minimum absolute atomic E-state index is 0.0242. The Bertz CT molecular complexity index is 592. The third kappa shape index (κ3) is 3.38. The number of nitrogens with zero attached hydrogens (tertiary/aromatic N) is 2. The fraction of sp³-hybridized carbons (Fsp3) is 0.0714. The molecule has 2 rings (SSSR count). The number of nitro benzene ring substituents is 1. The van der Waals surface area contributed by atoms with Crippen molar-refractivity contribution in [2.24, 2.45) is 5.16 Å². The first-order valence-corrected chi connectivity index (χ1v) is 5.68. The van der Waals surface area contributed by atoms with Crippen LogP contribution in [-0.2, 0) is 0 Å². The normalized spacial score (nSPS) is 11.1. The molecule has 0 amide bonds. The van der Waals surface area contributed by atoms with Crippen molar-refractivity contribution in [1.82, 2.24) is 0 Å². The largest absolute Gasteiger partial charge is 0.357 e. The lowest BCUT2D eigenvalue weighted by molar-refractivity contribution is -0.384. The Morgan fingerprint density at radius 1 is 1.11 bits per heavy atom. The van der Waals surface area contributed by atoms with E-state index in [9.17, 15) is 10.1 Å². The maximum Gasteiger partial charge on any atom is 0.269 e. The fourth-order valence-electron chi connectivity index (χ4n) is 1.48. The van der Waals surface area contributed by atoms with E-state index in [4.69, 9.17) is 4.84 Å². The Hall–Kier alpha value is -2.69. The molecule has 0 aromatic heterocycles. The summed E-state index contributed by atoms with van der Waals surface area (Å²) in [6.45, 7) is 1.83. The lowest BCUT2D eigenvalue weighted by Crippen LogP contribution is -1.97. The number of nitro groups is 1. The average Bonchev–Trinajstić information content (AvgIpc) is 2.46. The zero-order valence-electron chi connectivity index (χ0n) is 10.3. The summed E-state index contributed by atoms with van der Waals surface area (Å²) in [5.41, 5.74) is 1.72. The molecule has 0 bridgehead atoms. The monoisotopic (exact) mass is 256 g/mol. The van der Waals surface area contributed by atoms with Crippen molar-refractivity contribution in [3.05, 3.63) is 70.3 Å². The van der Waals surface area contributed by atoms with Gasteiger partial charge in [-0.15, -0.1) is 0 Å². The van der Waals surface area contributed by atoms with Crippen LogP contribution in [0, 0.1) is 10.1 Å². The van der Waals surface area contributed by atoms with E-state index in [2.05, 4.69) is 5.16 Å². The molecule has 0 aliphatic rings. The van der Waals surface area contributed by atoms with Gasteiger partial charge < -0.3 is 4.84 Å². The van der Waals surface area contributed by atoms with Crippen molar-refractivity contribution < 1.29 is 9.76 Å². The third-order valence-corrected chi connectivity index (χ3v) is 2.53. The molecule has 0 aliphatic carbocycles. The van der Waals surface area contributed by atoms with Crippen LogP contribution in [0.1, 0.15) is 12.5 Å². The van der Waals surface area contributed by atoms with Crippen LogP contribution in [-0.4, -0.2) is 10.6 Å². The van der Waals surface area contributed by atoms with E-state index >= 15 is 0 Å². The van der Waals surface area contributed by atoms with Crippen molar-refractivity contribution in [2.75, 3.05) is 0 Å². The molecule has 0 spiro atoms. The quantitative estimate of drug-likeness (QED) is 0.478. The van der Waals surface area contributed by atoms with Crippen LogP contribution >= 0.6 is 0 Å². The third-order valence-electron chi connectivity index (χ3n) is 2.53. The maximum atomic E-state index is 10.5. The highest BCUT2D eigenvalue weighted by molar-refractivity contribution is 5.98. The molecule has 0 unspecified atom stereocenters. The van der Waals surface area contributed by atoms with Gasteiger partial charge in [-0.3, -0.25) is 10.1 Å². The topological polar surface area (TPSA) is 64.7 Å². The molecule has 0 heterocycles. The SMILES string of the molecule is C/C(=N\Oc1ccc([N+](=O)[O-])cc1)c1ccccc1. The highest BCUT2D eigenvalue weighted by atomic mass is 16.6. The minimum Gasteiger partial charge on any atom is -0.357 e. The first kappa shape index (κ1) is 12.8. The van der Waals surface area contributed by atoms with Crippen molar-refractivity contribution in [1.29, 1.82) is 0 Å². The van der Waals surface area contributed by atoms with Crippen LogP contribution in [0.5, 0.6) is 5.75 Å². The Kier molecular flexibility index (Phi) is 3.87. The van der Waals surface area contributed by atoms with Crippen LogP contribution in [0.25, 0.3) is 0 Å². The standard InChI is InChI=1S/C14H12N2O3/c1-11(12-5-3-2-4-6-12)15-19-14-9-7-13(8-10-14)16(17)18/h2-10H,1H3/b15-11+. The van der Waals surface area contributed by atoms with E-state index in [1.807, 2.05) is 37.3 Å². The predicted octanol–water partition coefficient (Wildman–Crippen LogP) is 3.40. The molecule has 19 heavy (non-hydrogen) atoms. The molecule has 96 valence electrons. The summed E-state index contributed by atoms with van der Waals surface area (Å²) in [6, 6.07) is 15.4. The first-order chi connectivity index (χ1) is 9.16. The lowest BCUT2D eigenvalue weighted by Gasteiger charge is -2.01. The zero-order valence-corrected chi connectivity index (χ0v) is 10.3. The van der Waals surface area contributed by atoms with Gasteiger partial charge in [0.25, 0.3) is 5.69 Å². The summed E-state index contributed by atoms with van der Waals surface area (Å²) >= 11 is 0. The van der Waals surface area contributed by atoms with Gasteiger partial charge in [-0.1, -0.05) is 35.5 Å². The molecule has 0 fully saturated rings. The zero-order chi connectivity index (χ0) is 13.7. The summed E-state index contributed by atoms with van der Waals surface area (Å²) in [6.07, 6.45) is 0. The molecule has 2 aromatic rings. The smallest absolute Gasteiger partial charge is 0.269 e. The summed E-state index contributed by atoms with van der Waals surface area (Å²) in [5, 5.41) is 14.5. The van der Waals surface area contributed by atoms with Crippen molar-refractivity contribution >= 4 is 11.4 Å². The predicted molar refractivity (Wildman–Crippen MR) is 72.4 cm³/mol. The van der Waals surface area contributed by atoms with Crippen molar-refractivity contribution in [2.45, 2.75) is 6.92 Å². The van der Waals surface area contributed by atoms with E-state index in [1.165, 1.54) is 24.3 Å². The number of benzene rings is 2. The number of non-ortho nitro benzene ring substituents is 1. The molecule has 0 radical (unpaired) electrons. The molecule has 0 atom stereocenters. The van der Waals surface area contributed by atoms with Gasteiger partial charge in [-0.25, -0.2) is 0 Å². The fourth-order valence-corrected chi connectivity index (χ4v) is 1.48. The number of hydrogen-bond acceptors (Lipinski definition) is 4. The average molecular weight is 256 g/mol. The van der Waals surface area contributed by atoms with Gasteiger partial charge in [-0.05, 0) is 24.6 Å². The summed E-state index contributed by atoms with van der Waals surface area (Å²) in [5.74, 6) is 0.459. The van der Waals surface area contributed by atoms with Gasteiger partial charge in [0.05, 0.1) is 10.6 Å². The molecule has 5 nitrogen and oxygen atoms in total. The first-order valence-electron chi connectivity index (χ1n) is 5.68. The number of hydrogen-bond donors (Lipinski definition) is 0. The van der Waals surface area contributed by atoms with Crippen molar-refractivity contribution in [3.63, 3.8) is 0 Å². The summed E-state index contributed by atoms with van der Waals surface area (Å²) < 4.78 is 0. The number of oxime groups is 1. The minimum atomic E-state index is -0.456. The Labute approximate surface area is 110 Å². The van der Waals surface area contributed by atoms with Crippen LogP contribution in [0.4, 0.5) is 5.69 Å². The van der Waals surface area contributed by atoms with Gasteiger partial charge in [0.2, 0.25) is 0 Å². The molecule has 0 saturated heterocycles. The highest BCUT2D eigenvalue weighted by Gasteiger charge is 2.04. The van der Waals surface area contributed by atoms with Gasteiger partial charge in [0.1, 0.15) is 0 Å². The molecular weight excluding hydrogens is 244 g/mol. The second kappa shape index (κ2) is 5.77. The van der Waals surface area contributed by atoms with Gasteiger partial charge in [0, 0.05) is 12.1 Å². The van der Waals surface area contributed by atoms with E-state index in [1.54, 1.807) is 0 Å².